The molecule has 1 aromatic carbocycles. The van der Waals surface area contributed by atoms with E-state index in [9.17, 15) is 4.79 Å². The van der Waals surface area contributed by atoms with Gasteiger partial charge in [-0.15, -0.1) is 0 Å². The highest BCUT2D eigenvalue weighted by Crippen LogP contribution is 2.38. The maximum Gasteiger partial charge on any atom is 0.222 e. The summed E-state index contributed by atoms with van der Waals surface area (Å²) in [5.74, 6) is 0.446. The van der Waals surface area contributed by atoms with Crippen molar-refractivity contribution in [3.63, 3.8) is 0 Å². The zero-order valence-corrected chi connectivity index (χ0v) is 10.3. The summed E-state index contributed by atoms with van der Waals surface area (Å²) in [4.78, 5) is 12.2. The Labute approximate surface area is 102 Å². The number of ketones is 1. The molecule has 0 aromatic heterocycles. The van der Waals surface area contributed by atoms with Gasteiger partial charge in [0.1, 0.15) is 0 Å². The summed E-state index contributed by atoms with van der Waals surface area (Å²) in [6.07, 6.45) is 2.81. The number of ether oxygens (including phenoxy) is 2. The second-order valence-corrected chi connectivity index (χ2v) is 4.38. The molecule has 3 nitrogen and oxygen atoms in total. The van der Waals surface area contributed by atoms with Crippen LogP contribution in [0, 0.1) is 0 Å². The second kappa shape index (κ2) is 5.43. The summed E-state index contributed by atoms with van der Waals surface area (Å²) >= 11 is 0. The Morgan fingerprint density at radius 3 is 2.41 bits per heavy atom. The van der Waals surface area contributed by atoms with E-state index in [0.717, 1.165) is 11.1 Å². The summed E-state index contributed by atoms with van der Waals surface area (Å²) in [5.41, 5.74) is 1.88. The number of hydrogen-bond donors (Lipinski definition) is 0. The Bertz CT molecular complexity index is 392. The molecular formula is C14H18O3. The average molecular weight is 234 g/mol. The zero-order valence-electron chi connectivity index (χ0n) is 10.3. The van der Waals surface area contributed by atoms with Crippen LogP contribution in [0.15, 0.2) is 24.3 Å². The lowest BCUT2D eigenvalue weighted by Crippen LogP contribution is -2.27. The Balaban J connectivity index is 2.27. The van der Waals surface area contributed by atoms with E-state index < -0.39 is 6.29 Å². The van der Waals surface area contributed by atoms with E-state index in [0.29, 0.717) is 5.92 Å². The molecule has 1 saturated carbocycles. The Morgan fingerprint density at radius 2 is 1.88 bits per heavy atom. The first-order valence-electron chi connectivity index (χ1n) is 5.96. The molecule has 1 aliphatic rings. The molecule has 0 bridgehead atoms. The standard InChI is InChI=1S/C14H18O3/c1-16-14(17-2)13(15)12-9-4-3-8-11(12)10-6-5-7-10/h3-4,8-10,14H,5-7H2,1-2H3. The molecular weight excluding hydrogens is 216 g/mol. The van der Waals surface area contributed by atoms with Crippen molar-refractivity contribution >= 4 is 5.78 Å². The van der Waals surface area contributed by atoms with Gasteiger partial charge in [-0.3, -0.25) is 4.79 Å². The summed E-state index contributed by atoms with van der Waals surface area (Å²) in [5, 5.41) is 0. The molecule has 0 unspecified atom stereocenters. The molecule has 0 radical (unpaired) electrons. The fourth-order valence-electron chi connectivity index (χ4n) is 2.23. The zero-order chi connectivity index (χ0) is 12.3. The van der Waals surface area contributed by atoms with Gasteiger partial charge < -0.3 is 9.47 Å². The van der Waals surface area contributed by atoms with Gasteiger partial charge in [-0.2, -0.15) is 0 Å². The highest BCUT2D eigenvalue weighted by Gasteiger charge is 2.27. The lowest BCUT2D eigenvalue weighted by molar-refractivity contribution is -0.0742. The topological polar surface area (TPSA) is 35.5 Å². The molecule has 0 atom stereocenters. The van der Waals surface area contributed by atoms with Crippen LogP contribution in [0.25, 0.3) is 0 Å². The number of benzene rings is 1. The first kappa shape index (κ1) is 12.3. The second-order valence-electron chi connectivity index (χ2n) is 4.38. The van der Waals surface area contributed by atoms with Crippen molar-refractivity contribution < 1.29 is 14.3 Å². The molecule has 0 aliphatic heterocycles. The van der Waals surface area contributed by atoms with Crippen molar-refractivity contribution in [3.05, 3.63) is 35.4 Å². The lowest BCUT2D eigenvalue weighted by atomic mass is 9.77. The number of carbonyl (C=O) groups is 1. The number of Topliss-reactive ketones (excluding diaryl/α,β-unsaturated/α-hetero) is 1. The molecule has 0 spiro atoms. The van der Waals surface area contributed by atoms with Gasteiger partial charge in [0.15, 0.2) is 0 Å². The fourth-order valence-corrected chi connectivity index (χ4v) is 2.23. The molecule has 1 fully saturated rings. The van der Waals surface area contributed by atoms with Crippen molar-refractivity contribution in [1.82, 2.24) is 0 Å². The third-order valence-electron chi connectivity index (χ3n) is 3.41. The van der Waals surface area contributed by atoms with E-state index in [-0.39, 0.29) is 5.78 Å². The molecule has 17 heavy (non-hydrogen) atoms. The number of hydrogen-bond acceptors (Lipinski definition) is 3. The smallest absolute Gasteiger partial charge is 0.222 e. The monoisotopic (exact) mass is 234 g/mol. The Kier molecular flexibility index (Phi) is 3.92. The molecule has 92 valence electrons. The van der Waals surface area contributed by atoms with E-state index in [2.05, 4.69) is 0 Å². The van der Waals surface area contributed by atoms with Crippen LogP contribution >= 0.6 is 0 Å². The Hall–Kier alpha value is -1.19. The van der Waals surface area contributed by atoms with Crippen molar-refractivity contribution in [2.75, 3.05) is 14.2 Å². The minimum absolute atomic E-state index is 0.0856. The van der Waals surface area contributed by atoms with Crippen LogP contribution in [-0.2, 0) is 9.47 Å². The molecule has 1 aliphatic carbocycles. The molecule has 0 saturated heterocycles. The van der Waals surface area contributed by atoms with Crippen LogP contribution < -0.4 is 0 Å². The van der Waals surface area contributed by atoms with E-state index in [1.54, 1.807) is 0 Å². The minimum atomic E-state index is -0.795. The van der Waals surface area contributed by atoms with Crippen molar-refractivity contribution in [1.29, 1.82) is 0 Å². The van der Waals surface area contributed by atoms with Gasteiger partial charge in [0.25, 0.3) is 0 Å². The van der Waals surface area contributed by atoms with Gasteiger partial charge in [0.05, 0.1) is 0 Å². The fraction of sp³-hybridized carbons (Fsp3) is 0.500. The predicted octanol–water partition coefficient (Wildman–Crippen LogP) is 2.76. The number of methoxy groups -OCH3 is 2. The van der Waals surface area contributed by atoms with Gasteiger partial charge in [-0.05, 0) is 24.3 Å². The van der Waals surface area contributed by atoms with E-state index in [1.165, 1.54) is 33.5 Å². The maximum atomic E-state index is 12.2. The highest BCUT2D eigenvalue weighted by atomic mass is 16.7. The van der Waals surface area contributed by atoms with Gasteiger partial charge in [0.2, 0.25) is 12.1 Å². The molecule has 3 heteroatoms. The summed E-state index contributed by atoms with van der Waals surface area (Å²) in [7, 11) is 2.97. The molecule has 1 aromatic rings. The lowest BCUT2D eigenvalue weighted by Gasteiger charge is -2.28. The largest absolute Gasteiger partial charge is 0.349 e. The van der Waals surface area contributed by atoms with Crippen LogP contribution in [-0.4, -0.2) is 26.3 Å². The first-order valence-corrected chi connectivity index (χ1v) is 5.96. The number of carbonyl (C=O) groups excluding carboxylic acids is 1. The molecule has 0 N–H and O–H groups in total. The summed E-state index contributed by atoms with van der Waals surface area (Å²) in [6.45, 7) is 0. The van der Waals surface area contributed by atoms with Crippen LogP contribution in [0.5, 0.6) is 0 Å². The van der Waals surface area contributed by atoms with Gasteiger partial charge in [0, 0.05) is 19.8 Å². The van der Waals surface area contributed by atoms with Crippen LogP contribution in [0.3, 0.4) is 0 Å². The molecule has 0 amide bonds. The third-order valence-corrected chi connectivity index (χ3v) is 3.41. The van der Waals surface area contributed by atoms with Crippen LogP contribution in [0.2, 0.25) is 0 Å². The quantitative estimate of drug-likeness (QED) is 0.580. The predicted molar refractivity (Wildman–Crippen MR) is 65.2 cm³/mol. The molecule has 2 rings (SSSR count). The van der Waals surface area contributed by atoms with Gasteiger partial charge in [-0.1, -0.05) is 30.7 Å². The normalized spacial score (nSPS) is 15.9. The number of rotatable bonds is 5. The first-order chi connectivity index (χ1) is 8.27. The van der Waals surface area contributed by atoms with E-state index >= 15 is 0 Å². The van der Waals surface area contributed by atoms with Gasteiger partial charge >= 0.3 is 0 Å². The van der Waals surface area contributed by atoms with Crippen molar-refractivity contribution in [2.45, 2.75) is 31.5 Å². The van der Waals surface area contributed by atoms with Crippen LogP contribution in [0.4, 0.5) is 0 Å². The van der Waals surface area contributed by atoms with Crippen LogP contribution in [0.1, 0.15) is 41.1 Å². The summed E-state index contributed by atoms with van der Waals surface area (Å²) < 4.78 is 10.1. The summed E-state index contributed by atoms with van der Waals surface area (Å²) in [6, 6.07) is 7.78. The maximum absolute atomic E-state index is 12.2. The van der Waals surface area contributed by atoms with Gasteiger partial charge in [-0.25, -0.2) is 0 Å². The minimum Gasteiger partial charge on any atom is -0.349 e. The SMILES string of the molecule is COC(OC)C(=O)c1ccccc1C1CCC1. The van der Waals surface area contributed by atoms with E-state index in [1.807, 2.05) is 24.3 Å². The van der Waals surface area contributed by atoms with E-state index in [4.69, 9.17) is 9.47 Å². The Morgan fingerprint density at radius 1 is 1.24 bits per heavy atom. The highest BCUT2D eigenvalue weighted by molar-refractivity contribution is 6.00. The average Bonchev–Trinajstić information content (AvgIpc) is 2.29. The van der Waals surface area contributed by atoms with Crippen molar-refractivity contribution in [3.8, 4) is 0 Å². The molecule has 0 heterocycles. The van der Waals surface area contributed by atoms with Crippen molar-refractivity contribution in [2.24, 2.45) is 0 Å². The third kappa shape index (κ3) is 2.40.